The summed E-state index contributed by atoms with van der Waals surface area (Å²) < 4.78 is 8.62. The molecule has 0 radical (unpaired) electrons. The fourth-order valence-electron chi connectivity index (χ4n) is 2.16. The first-order valence-corrected chi connectivity index (χ1v) is 7.43. The molecule has 0 aliphatic heterocycles. The maximum atomic E-state index is 6.30. The van der Waals surface area contributed by atoms with E-state index in [0.717, 1.165) is 26.9 Å². The summed E-state index contributed by atoms with van der Waals surface area (Å²) in [6.07, 6.45) is 0. The molecule has 1 N–H and O–H groups in total. The molecule has 0 atom stereocenters. The summed E-state index contributed by atoms with van der Waals surface area (Å²) in [5, 5.41) is 0.654. The fraction of sp³-hybridized carbons (Fsp3) is 0.0714. The van der Waals surface area contributed by atoms with Crippen molar-refractivity contribution in [3.8, 4) is 11.4 Å². The Morgan fingerprint density at radius 2 is 2.10 bits per heavy atom. The van der Waals surface area contributed by atoms with Crippen LogP contribution in [0.25, 0.3) is 16.7 Å². The van der Waals surface area contributed by atoms with Crippen LogP contribution in [0, 0.1) is 4.77 Å². The van der Waals surface area contributed by atoms with Crippen molar-refractivity contribution in [3.63, 3.8) is 0 Å². The standard InChI is InChI=1S/C14H10BrClN2OS/c1-19-12-6-5-8(7-9(12)15)18-13-10(16)3-2-4-11(13)17-14(18)20/h2-7H,1H3,(H,17,20). The number of imidazole rings is 1. The smallest absolute Gasteiger partial charge is 0.182 e. The van der Waals surface area contributed by atoms with E-state index >= 15 is 0 Å². The van der Waals surface area contributed by atoms with E-state index in [4.69, 9.17) is 28.6 Å². The number of nitrogens with one attached hydrogen (secondary N) is 1. The van der Waals surface area contributed by atoms with E-state index in [0.29, 0.717) is 9.79 Å². The normalized spacial score (nSPS) is 10.9. The zero-order chi connectivity index (χ0) is 14.3. The molecule has 0 spiro atoms. The van der Waals surface area contributed by atoms with E-state index in [2.05, 4.69) is 20.9 Å². The lowest BCUT2D eigenvalue weighted by molar-refractivity contribution is 0.412. The second-order valence-corrected chi connectivity index (χ2v) is 5.87. The number of hydrogen-bond acceptors (Lipinski definition) is 2. The minimum Gasteiger partial charge on any atom is -0.496 e. The Bertz CT molecular complexity index is 856. The van der Waals surface area contributed by atoms with Crippen molar-refractivity contribution < 1.29 is 4.74 Å². The summed E-state index contributed by atoms with van der Waals surface area (Å²) in [6, 6.07) is 11.5. The average molecular weight is 370 g/mol. The molecule has 0 saturated heterocycles. The van der Waals surface area contributed by atoms with E-state index in [1.807, 2.05) is 41.0 Å². The van der Waals surface area contributed by atoms with E-state index < -0.39 is 0 Å². The van der Waals surface area contributed by atoms with Crippen LogP contribution < -0.4 is 4.74 Å². The number of fused-ring (bicyclic) bond motifs is 1. The van der Waals surface area contributed by atoms with Crippen LogP contribution >= 0.6 is 39.7 Å². The van der Waals surface area contributed by atoms with Gasteiger partial charge in [-0.1, -0.05) is 17.7 Å². The first-order valence-electron chi connectivity index (χ1n) is 5.85. The van der Waals surface area contributed by atoms with Gasteiger partial charge < -0.3 is 9.72 Å². The van der Waals surface area contributed by atoms with E-state index in [1.54, 1.807) is 7.11 Å². The quantitative estimate of drug-likeness (QED) is 0.636. The number of aromatic amines is 1. The highest BCUT2D eigenvalue weighted by atomic mass is 79.9. The summed E-state index contributed by atoms with van der Waals surface area (Å²) >= 11 is 15.2. The van der Waals surface area contributed by atoms with Gasteiger partial charge in [-0.05, 0) is 58.5 Å². The molecular formula is C14H10BrClN2OS. The van der Waals surface area contributed by atoms with E-state index in [1.165, 1.54) is 0 Å². The van der Waals surface area contributed by atoms with Gasteiger partial charge in [-0.25, -0.2) is 0 Å². The monoisotopic (exact) mass is 368 g/mol. The summed E-state index contributed by atoms with van der Waals surface area (Å²) in [5.41, 5.74) is 2.70. The van der Waals surface area contributed by atoms with Crippen LogP contribution in [0.1, 0.15) is 0 Å². The van der Waals surface area contributed by atoms with Gasteiger partial charge in [0.1, 0.15) is 5.75 Å². The van der Waals surface area contributed by atoms with Crippen LogP contribution in [-0.2, 0) is 0 Å². The molecule has 0 saturated carbocycles. The van der Waals surface area contributed by atoms with Crippen LogP contribution in [0.15, 0.2) is 40.9 Å². The molecule has 3 aromatic rings. The largest absolute Gasteiger partial charge is 0.496 e. The molecule has 0 amide bonds. The third-order valence-corrected chi connectivity index (χ3v) is 4.26. The molecule has 3 rings (SSSR count). The van der Waals surface area contributed by atoms with Crippen molar-refractivity contribution in [3.05, 3.63) is 50.7 Å². The van der Waals surface area contributed by atoms with Gasteiger partial charge in [0.25, 0.3) is 0 Å². The van der Waals surface area contributed by atoms with Crippen molar-refractivity contribution >= 4 is 50.8 Å². The van der Waals surface area contributed by atoms with Gasteiger partial charge in [0.15, 0.2) is 4.77 Å². The Labute approximate surface area is 134 Å². The van der Waals surface area contributed by atoms with Crippen molar-refractivity contribution in [1.29, 1.82) is 0 Å². The highest BCUT2D eigenvalue weighted by molar-refractivity contribution is 9.10. The Morgan fingerprint density at radius 3 is 2.80 bits per heavy atom. The third-order valence-electron chi connectivity index (χ3n) is 3.05. The fourth-order valence-corrected chi connectivity index (χ4v) is 3.25. The lowest BCUT2D eigenvalue weighted by Crippen LogP contribution is -1.95. The molecule has 1 aromatic heterocycles. The number of rotatable bonds is 2. The van der Waals surface area contributed by atoms with Gasteiger partial charge in [-0.2, -0.15) is 0 Å². The maximum absolute atomic E-state index is 6.30. The Kier molecular flexibility index (Phi) is 3.58. The Balaban J connectivity index is 2.32. The van der Waals surface area contributed by atoms with Gasteiger partial charge in [-0.3, -0.25) is 4.57 Å². The van der Waals surface area contributed by atoms with Crippen LogP contribution in [-0.4, -0.2) is 16.7 Å². The summed E-state index contributed by atoms with van der Waals surface area (Å²) in [5.74, 6) is 0.770. The molecule has 0 unspecified atom stereocenters. The summed E-state index contributed by atoms with van der Waals surface area (Å²) in [4.78, 5) is 3.16. The van der Waals surface area contributed by atoms with Crippen LogP contribution in [0.4, 0.5) is 0 Å². The van der Waals surface area contributed by atoms with Crippen LogP contribution in [0.3, 0.4) is 0 Å². The van der Waals surface area contributed by atoms with Crippen molar-refractivity contribution in [2.75, 3.05) is 7.11 Å². The molecule has 6 heteroatoms. The zero-order valence-corrected chi connectivity index (χ0v) is 13.6. The van der Waals surface area contributed by atoms with Crippen LogP contribution in [0.5, 0.6) is 5.75 Å². The Hall–Kier alpha value is -1.30. The van der Waals surface area contributed by atoms with Crippen LogP contribution in [0.2, 0.25) is 5.02 Å². The maximum Gasteiger partial charge on any atom is 0.182 e. The number of hydrogen-bond donors (Lipinski definition) is 1. The highest BCUT2D eigenvalue weighted by Crippen LogP contribution is 2.31. The third kappa shape index (κ3) is 2.16. The summed E-state index contributed by atoms with van der Waals surface area (Å²) in [6.45, 7) is 0. The topological polar surface area (TPSA) is 29.9 Å². The minimum absolute atomic E-state index is 0.602. The number of methoxy groups -OCH3 is 1. The zero-order valence-electron chi connectivity index (χ0n) is 10.5. The highest BCUT2D eigenvalue weighted by Gasteiger charge is 2.11. The number of H-pyrrole nitrogens is 1. The van der Waals surface area contributed by atoms with Gasteiger partial charge in [0, 0.05) is 5.69 Å². The van der Waals surface area contributed by atoms with Crippen molar-refractivity contribution in [2.45, 2.75) is 0 Å². The van der Waals surface area contributed by atoms with Crippen molar-refractivity contribution in [1.82, 2.24) is 9.55 Å². The predicted molar refractivity (Wildman–Crippen MR) is 87.7 cm³/mol. The number of ether oxygens (including phenoxy) is 1. The molecule has 2 aromatic carbocycles. The van der Waals surface area contributed by atoms with E-state index in [9.17, 15) is 0 Å². The lowest BCUT2D eigenvalue weighted by atomic mass is 10.2. The van der Waals surface area contributed by atoms with Gasteiger partial charge >= 0.3 is 0 Å². The van der Waals surface area contributed by atoms with Gasteiger partial charge in [0.2, 0.25) is 0 Å². The first kappa shape index (κ1) is 13.7. The SMILES string of the molecule is COc1ccc(-n2c(=S)[nH]c3cccc(Cl)c32)cc1Br. The molecule has 1 heterocycles. The molecule has 0 aliphatic rings. The molecule has 3 nitrogen and oxygen atoms in total. The second-order valence-electron chi connectivity index (χ2n) is 4.22. The number of benzene rings is 2. The van der Waals surface area contributed by atoms with E-state index in [-0.39, 0.29) is 0 Å². The molecule has 0 bridgehead atoms. The Morgan fingerprint density at radius 1 is 1.30 bits per heavy atom. The first-order chi connectivity index (χ1) is 9.61. The number of para-hydroxylation sites is 1. The van der Waals surface area contributed by atoms with Crippen molar-refractivity contribution in [2.24, 2.45) is 0 Å². The second kappa shape index (κ2) is 5.24. The summed E-state index contributed by atoms with van der Waals surface area (Å²) in [7, 11) is 1.63. The number of nitrogens with zero attached hydrogens (tertiary/aromatic N) is 1. The molecule has 0 aliphatic carbocycles. The number of aromatic nitrogens is 2. The minimum atomic E-state index is 0.602. The van der Waals surface area contributed by atoms with Gasteiger partial charge in [-0.15, -0.1) is 0 Å². The molecule has 0 fully saturated rings. The predicted octanol–water partition coefficient (Wildman–Crippen LogP) is 5.11. The average Bonchev–Trinajstić information content (AvgIpc) is 2.76. The molecule has 20 heavy (non-hydrogen) atoms. The molecule has 102 valence electrons. The lowest BCUT2D eigenvalue weighted by Gasteiger charge is -2.09. The molecular weight excluding hydrogens is 360 g/mol. The number of halogens is 2. The van der Waals surface area contributed by atoms with Gasteiger partial charge in [0.05, 0.1) is 27.6 Å².